The number of nitrogens with zero attached hydrogens (tertiary/aromatic N) is 1. The van der Waals surface area contributed by atoms with Crippen molar-refractivity contribution in [1.29, 1.82) is 0 Å². The van der Waals surface area contributed by atoms with Crippen molar-refractivity contribution in [2.45, 2.75) is 45.3 Å². The minimum atomic E-state index is -0.445. The van der Waals surface area contributed by atoms with Gasteiger partial charge in [0.05, 0.1) is 0 Å². The maximum absolute atomic E-state index is 11.5. The van der Waals surface area contributed by atoms with Gasteiger partial charge in [0.2, 0.25) is 0 Å². The zero-order valence-electron chi connectivity index (χ0n) is 11.0. The van der Waals surface area contributed by atoms with E-state index in [2.05, 4.69) is 10.2 Å². The summed E-state index contributed by atoms with van der Waals surface area (Å²) in [7, 11) is 0. The van der Waals surface area contributed by atoms with Crippen LogP contribution in [0.25, 0.3) is 0 Å². The lowest BCUT2D eigenvalue weighted by molar-refractivity contribution is 0.0505. The van der Waals surface area contributed by atoms with Gasteiger partial charge in [-0.15, -0.1) is 0 Å². The second kappa shape index (κ2) is 6.21. The molecule has 1 heterocycles. The van der Waals surface area contributed by atoms with E-state index in [4.69, 9.17) is 9.84 Å². The van der Waals surface area contributed by atoms with Crippen LogP contribution in [0.2, 0.25) is 0 Å². The number of amides is 1. The summed E-state index contributed by atoms with van der Waals surface area (Å²) in [6.07, 6.45) is 1.40. The van der Waals surface area contributed by atoms with Gasteiger partial charge in [-0.1, -0.05) is 0 Å². The summed E-state index contributed by atoms with van der Waals surface area (Å²) < 4.78 is 5.21. The minimum Gasteiger partial charge on any atom is -0.444 e. The summed E-state index contributed by atoms with van der Waals surface area (Å²) >= 11 is 0. The number of ether oxygens (including phenoxy) is 1. The van der Waals surface area contributed by atoms with Gasteiger partial charge < -0.3 is 20.1 Å². The van der Waals surface area contributed by atoms with Crippen LogP contribution in [0.3, 0.4) is 0 Å². The Morgan fingerprint density at radius 1 is 1.53 bits per heavy atom. The highest BCUT2D eigenvalue weighted by Crippen LogP contribution is 2.11. The lowest BCUT2D eigenvalue weighted by atomic mass is 10.2. The molecule has 5 nitrogen and oxygen atoms in total. The number of hydrogen-bond donors (Lipinski definition) is 2. The molecule has 0 bridgehead atoms. The summed E-state index contributed by atoms with van der Waals surface area (Å²) in [5, 5.41) is 11.6. The molecule has 0 aromatic carbocycles. The van der Waals surface area contributed by atoms with Gasteiger partial charge >= 0.3 is 6.09 Å². The first kappa shape index (κ1) is 14.3. The van der Waals surface area contributed by atoms with Crippen LogP contribution in [0.5, 0.6) is 0 Å². The molecule has 0 aliphatic carbocycles. The predicted octanol–water partition coefficient (Wildman–Crippen LogP) is 0.968. The Bertz CT molecular complexity index is 251. The highest BCUT2D eigenvalue weighted by Gasteiger charge is 2.25. The molecule has 1 fully saturated rings. The van der Waals surface area contributed by atoms with Gasteiger partial charge in [-0.25, -0.2) is 4.79 Å². The lowest BCUT2D eigenvalue weighted by Crippen LogP contribution is -2.40. The van der Waals surface area contributed by atoms with Crippen LogP contribution >= 0.6 is 0 Å². The Morgan fingerprint density at radius 3 is 2.82 bits per heavy atom. The molecule has 0 unspecified atom stereocenters. The Balaban J connectivity index is 2.23. The maximum Gasteiger partial charge on any atom is 0.407 e. The predicted molar refractivity (Wildman–Crippen MR) is 65.9 cm³/mol. The highest BCUT2D eigenvalue weighted by molar-refractivity contribution is 5.68. The first-order valence-corrected chi connectivity index (χ1v) is 6.23. The average Bonchev–Trinajstić information content (AvgIpc) is 2.59. The topological polar surface area (TPSA) is 61.8 Å². The molecule has 1 rings (SSSR count). The van der Waals surface area contributed by atoms with Crippen molar-refractivity contribution < 1.29 is 14.6 Å². The summed E-state index contributed by atoms with van der Waals surface area (Å²) in [5.41, 5.74) is -0.445. The van der Waals surface area contributed by atoms with Crippen molar-refractivity contribution in [3.05, 3.63) is 0 Å². The summed E-state index contributed by atoms with van der Waals surface area (Å²) in [4.78, 5) is 13.8. The molecule has 1 saturated heterocycles. The molecule has 1 aliphatic heterocycles. The van der Waals surface area contributed by atoms with E-state index in [1.165, 1.54) is 0 Å². The van der Waals surface area contributed by atoms with Crippen molar-refractivity contribution in [1.82, 2.24) is 10.2 Å². The fourth-order valence-electron chi connectivity index (χ4n) is 1.92. The average molecular weight is 244 g/mol. The van der Waals surface area contributed by atoms with E-state index < -0.39 is 5.60 Å². The number of aliphatic hydroxyl groups is 1. The lowest BCUT2D eigenvalue weighted by Gasteiger charge is -2.22. The summed E-state index contributed by atoms with van der Waals surface area (Å²) in [5.74, 6) is 0. The number of carbonyl (C=O) groups is 1. The van der Waals surface area contributed by atoms with E-state index >= 15 is 0 Å². The molecule has 5 heteroatoms. The van der Waals surface area contributed by atoms with E-state index in [1.807, 2.05) is 20.8 Å². The van der Waals surface area contributed by atoms with Crippen molar-refractivity contribution in [3.8, 4) is 0 Å². The number of likely N-dealkylation sites (tertiary alicyclic amines) is 1. The van der Waals surface area contributed by atoms with Crippen LogP contribution in [0.1, 0.15) is 33.6 Å². The Morgan fingerprint density at radius 2 is 2.24 bits per heavy atom. The molecular weight excluding hydrogens is 220 g/mol. The molecule has 0 saturated carbocycles. The normalized spacial score (nSPS) is 21.5. The van der Waals surface area contributed by atoms with Crippen molar-refractivity contribution >= 4 is 6.09 Å². The van der Waals surface area contributed by atoms with Crippen LogP contribution in [0, 0.1) is 0 Å². The Hall–Kier alpha value is -0.810. The summed E-state index contributed by atoms with van der Waals surface area (Å²) in [6.45, 7) is 8.50. The first-order chi connectivity index (χ1) is 7.90. The van der Waals surface area contributed by atoms with Gasteiger partial charge in [-0.05, 0) is 33.6 Å². The van der Waals surface area contributed by atoms with E-state index in [0.717, 1.165) is 32.5 Å². The van der Waals surface area contributed by atoms with Crippen LogP contribution in [0.4, 0.5) is 4.79 Å². The van der Waals surface area contributed by atoms with Gasteiger partial charge in [-0.2, -0.15) is 0 Å². The number of carbonyl (C=O) groups excluding carboxylic acids is 1. The first-order valence-electron chi connectivity index (χ1n) is 6.23. The number of hydrogen-bond acceptors (Lipinski definition) is 4. The standard InChI is InChI=1S/C12H24N2O3/c1-12(2,3)17-11(16)13-10-5-7-14(9-10)6-4-8-15/h10,15H,4-9H2,1-3H3,(H,13,16)/t10-/m0/s1. The van der Waals surface area contributed by atoms with Crippen molar-refractivity contribution in [3.63, 3.8) is 0 Å². The van der Waals surface area contributed by atoms with E-state index in [1.54, 1.807) is 0 Å². The fraction of sp³-hybridized carbons (Fsp3) is 0.917. The van der Waals surface area contributed by atoms with Gasteiger partial charge in [-0.3, -0.25) is 0 Å². The monoisotopic (exact) mass is 244 g/mol. The molecule has 0 spiro atoms. The quantitative estimate of drug-likeness (QED) is 0.773. The highest BCUT2D eigenvalue weighted by atomic mass is 16.6. The van der Waals surface area contributed by atoms with Crippen LogP contribution in [-0.2, 0) is 4.74 Å². The Labute approximate surface area is 103 Å². The molecule has 1 aliphatic rings. The number of aliphatic hydroxyl groups excluding tert-OH is 1. The number of alkyl carbamates (subject to hydrolysis) is 1. The van der Waals surface area contributed by atoms with Gasteiger partial charge in [0.15, 0.2) is 0 Å². The molecule has 0 radical (unpaired) electrons. The van der Waals surface area contributed by atoms with Crippen LogP contribution < -0.4 is 5.32 Å². The minimum absolute atomic E-state index is 0.170. The van der Waals surface area contributed by atoms with Gasteiger partial charge in [0.1, 0.15) is 5.60 Å². The van der Waals surface area contributed by atoms with Crippen molar-refractivity contribution in [2.75, 3.05) is 26.2 Å². The molecule has 2 N–H and O–H groups in total. The molecule has 0 aromatic heterocycles. The van der Waals surface area contributed by atoms with Crippen LogP contribution in [-0.4, -0.2) is 54.0 Å². The second-order valence-corrected chi connectivity index (χ2v) is 5.51. The smallest absolute Gasteiger partial charge is 0.407 e. The van der Waals surface area contributed by atoms with Gasteiger partial charge in [0, 0.05) is 32.3 Å². The largest absolute Gasteiger partial charge is 0.444 e. The number of rotatable bonds is 4. The maximum atomic E-state index is 11.5. The van der Waals surface area contributed by atoms with E-state index in [-0.39, 0.29) is 18.7 Å². The molecular formula is C12H24N2O3. The number of nitrogens with one attached hydrogen (secondary N) is 1. The third-order valence-electron chi connectivity index (χ3n) is 2.63. The Kier molecular flexibility index (Phi) is 5.21. The van der Waals surface area contributed by atoms with E-state index in [0.29, 0.717) is 0 Å². The third kappa shape index (κ3) is 5.89. The van der Waals surface area contributed by atoms with Crippen molar-refractivity contribution in [2.24, 2.45) is 0 Å². The molecule has 0 aromatic rings. The zero-order chi connectivity index (χ0) is 12.9. The third-order valence-corrected chi connectivity index (χ3v) is 2.63. The fourth-order valence-corrected chi connectivity index (χ4v) is 1.92. The molecule has 1 atom stereocenters. The van der Waals surface area contributed by atoms with Gasteiger partial charge in [0.25, 0.3) is 0 Å². The van der Waals surface area contributed by atoms with Crippen LogP contribution in [0.15, 0.2) is 0 Å². The zero-order valence-corrected chi connectivity index (χ0v) is 11.0. The summed E-state index contributed by atoms with van der Waals surface area (Å²) in [6, 6.07) is 0.170. The van der Waals surface area contributed by atoms with E-state index in [9.17, 15) is 4.79 Å². The SMILES string of the molecule is CC(C)(C)OC(=O)N[C@H]1CCN(CCCO)C1. The second-order valence-electron chi connectivity index (χ2n) is 5.51. The molecule has 100 valence electrons. The molecule has 1 amide bonds. The molecule has 17 heavy (non-hydrogen) atoms.